The standard InChI is InChI=1S/C14H20Cl5N/c1-2-3-4-5-6-7-8-10-9-20-12(16)11(15)13(10,17)14(20,18)19/h10H,2-9H2,1H3. The molecule has 0 spiro atoms. The Balaban J connectivity index is 1.89. The van der Waals surface area contributed by atoms with Crippen LogP contribution in [0.3, 0.4) is 0 Å². The molecule has 2 rings (SSSR count). The first-order chi connectivity index (χ1) is 9.37. The van der Waals surface area contributed by atoms with E-state index in [0.717, 1.165) is 12.8 Å². The molecule has 0 aromatic rings. The number of hydrogen-bond acceptors (Lipinski definition) is 1. The summed E-state index contributed by atoms with van der Waals surface area (Å²) in [5.74, 6) is 0.153. The summed E-state index contributed by atoms with van der Waals surface area (Å²) in [5.41, 5.74) is 0. The van der Waals surface area contributed by atoms with Crippen LogP contribution in [0.4, 0.5) is 0 Å². The van der Waals surface area contributed by atoms with Crippen molar-refractivity contribution in [2.45, 2.75) is 61.2 Å². The highest BCUT2D eigenvalue weighted by Crippen LogP contribution is 2.65. The Morgan fingerprint density at radius 1 is 1.05 bits per heavy atom. The van der Waals surface area contributed by atoms with Crippen LogP contribution in [0.25, 0.3) is 0 Å². The molecule has 0 amide bonds. The second kappa shape index (κ2) is 6.62. The molecule has 0 saturated carbocycles. The number of hydrogen-bond donors (Lipinski definition) is 0. The lowest BCUT2D eigenvalue weighted by atomic mass is 9.88. The molecule has 2 aliphatic rings. The zero-order valence-corrected chi connectivity index (χ0v) is 15.4. The summed E-state index contributed by atoms with van der Waals surface area (Å²) in [4.78, 5) is 0.757. The first-order valence-corrected chi connectivity index (χ1v) is 9.16. The Labute approximate surface area is 146 Å². The van der Waals surface area contributed by atoms with E-state index in [-0.39, 0.29) is 5.92 Å². The first-order valence-electron chi connectivity index (χ1n) is 7.27. The molecule has 1 nitrogen and oxygen atoms in total. The van der Waals surface area contributed by atoms with Crippen molar-refractivity contribution in [1.82, 2.24) is 4.90 Å². The smallest absolute Gasteiger partial charge is 0.216 e. The lowest BCUT2D eigenvalue weighted by Gasteiger charge is -2.31. The quantitative estimate of drug-likeness (QED) is 0.279. The Bertz CT molecular complexity index is 395. The van der Waals surface area contributed by atoms with Crippen molar-refractivity contribution in [3.63, 3.8) is 0 Å². The second-order valence-electron chi connectivity index (χ2n) is 5.72. The summed E-state index contributed by atoms with van der Waals surface area (Å²) in [7, 11) is 0. The maximum absolute atomic E-state index is 6.68. The van der Waals surface area contributed by atoms with Gasteiger partial charge >= 0.3 is 0 Å². The number of nitrogens with zero attached hydrogens (tertiary/aromatic N) is 1. The van der Waals surface area contributed by atoms with Gasteiger partial charge in [-0.05, 0) is 6.42 Å². The lowest BCUT2D eigenvalue weighted by molar-refractivity contribution is 0.372. The zero-order chi connectivity index (χ0) is 15.0. The fourth-order valence-electron chi connectivity index (χ4n) is 3.15. The molecular formula is C14H20Cl5N. The molecule has 2 heterocycles. The summed E-state index contributed by atoms with van der Waals surface area (Å²) >= 11 is 31.9. The Morgan fingerprint density at radius 2 is 1.65 bits per heavy atom. The maximum Gasteiger partial charge on any atom is 0.216 e. The Kier molecular flexibility index (Phi) is 5.74. The van der Waals surface area contributed by atoms with Crippen LogP contribution in [-0.4, -0.2) is 20.8 Å². The summed E-state index contributed by atoms with van der Waals surface area (Å²) in [5, 5.41) is 0.791. The van der Waals surface area contributed by atoms with E-state index >= 15 is 0 Å². The number of rotatable bonds is 7. The van der Waals surface area contributed by atoms with Crippen LogP contribution in [0, 0.1) is 5.92 Å². The Hall–Kier alpha value is 0.990. The fourth-order valence-corrected chi connectivity index (χ4v) is 5.29. The van der Waals surface area contributed by atoms with Crippen molar-refractivity contribution in [2.75, 3.05) is 6.54 Å². The third-order valence-corrected chi connectivity index (χ3v) is 7.42. The fraction of sp³-hybridized carbons (Fsp3) is 0.857. The van der Waals surface area contributed by atoms with Gasteiger partial charge in [-0.25, -0.2) is 0 Å². The minimum Gasteiger partial charge on any atom is -0.328 e. The van der Waals surface area contributed by atoms with Crippen LogP contribution in [0.5, 0.6) is 0 Å². The van der Waals surface area contributed by atoms with E-state index in [1.54, 1.807) is 4.90 Å². The van der Waals surface area contributed by atoms with Crippen LogP contribution in [0.1, 0.15) is 51.9 Å². The summed E-state index contributed by atoms with van der Waals surface area (Å²) < 4.78 is -1.23. The average molecular weight is 380 g/mol. The molecule has 0 aromatic carbocycles. The van der Waals surface area contributed by atoms with Gasteiger partial charge in [-0.1, -0.05) is 91.9 Å². The van der Waals surface area contributed by atoms with Gasteiger partial charge < -0.3 is 4.90 Å². The SMILES string of the molecule is CCCCCCCCC1CN2C(Cl)=C(Cl)C1(Cl)C2(Cl)Cl. The van der Waals surface area contributed by atoms with Gasteiger partial charge in [-0.15, -0.1) is 11.6 Å². The highest BCUT2D eigenvalue weighted by Gasteiger charge is 2.69. The van der Waals surface area contributed by atoms with E-state index in [0.29, 0.717) is 16.7 Å². The highest BCUT2D eigenvalue weighted by molar-refractivity contribution is 6.59. The van der Waals surface area contributed by atoms with Gasteiger partial charge in [0.2, 0.25) is 4.46 Å². The van der Waals surface area contributed by atoms with Crippen molar-refractivity contribution in [3.05, 3.63) is 10.2 Å². The van der Waals surface area contributed by atoms with E-state index in [4.69, 9.17) is 58.0 Å². The van der Waals surface area contributed by atoms with E-state index < -0.39 is 9.33 Å². The molecule has 0 radical (unpaired) electrons. The van der Waals surface area contributed by atoms with Crippen LogP contribution in [0.2, 0.25) is 0 Å². The normalized spacial score (nSPS) is 31.5. The number of fused-ring (bicyclic) bond motifs is 2. The molecule has 6 heteroatoms. The van der Waals surface area contributed by atoms with E-state index in [9.17, 15) is 0 Å². The number of alkyl halides is 3. The average Bonchev–Trinajstić information content (AvgIpc) is 2.67. The number of unbranched alkanes of at least 4 members (excludes halogenated alkanes) is 5. The molecule has 2 aliphatic heterocycles. The van der Waals surface area contributed by atoms with Crippen LogP contribution in [-0.2, 0) is 0 Å². The topological polar surface area (TPSA) is 3.24 Å². The van der Waals surface area contributed by atoms with E-state index in [1.807, 2.05) is 0 Å². The first kappa shape index (κ1) is 17.3. The maximum atomic E-state index is 6.68. The van der Waals surface area contributed by atoms with Gasteiger partial charge in [0, 0.05) is 12.5 Å². The van der Waals surface area contributed by atoms with Gasteiger partial charge in [0.1, 0.15) is 10.0 Å². The molecule has 2 unspecified atom stereocenters. The molecule has 0 aromatic heterocycles. The summed E-state index contributed by atoms with van der Waals surface area (Å²) in [6.07, 6.45) is 8.49. The van der Waals surface area contributed by atoms with Crippen molar-refractivity contribution in [1.29, 1.82) is 0 Å². The monoisotopic (exact) mass is 377 g/mol. The summed E-state index contributed by atoms with van der Waals surface area (Å²) in [6, 6.07) is 0. The van der Waals surface area contributed by atoms with Gasteiger partial charge in [0.05, 0.1) is 5.03 Å². The molecule has 0 aliphatic carbocycles. The largest absolute Gasteiger partial charge is 0.328 e. The molecule has 2 atom stereocenters. The highest BCUT2D eigenvalue weighted by atomic mass is 35.5. The minimum absolute atomic E-state index is 0.153. The lowest BCUT2D eigenvalue weighted by Crippen LogP contribution is -2.42. The van der Waals surface area contributed by atoms with Crippen molar-refractivity contribution >= 4 is 58.0 Å². The number of halogens is 5. The van der Waals surface area contributed by atoms with Gasteiger partial charge in [-0.2, -0.15) is 0 Å². The third-order valence-electron chi connectivity index (χ3n) is 4.39. The van der Waals surface area contributed by atoms with Crippen molar-refractivity contribution in [2.24, 2.45) is 5.92 Å². The predicted molar refractivity (Wildman–Crippen MR) is 89.9 cm³/mol. The van der Waals surface area contributed by atoms with Gasteiger partial charge in [0.15, 0.2) is 0 Å². The second-order valence-corrected chi connectivity index (χ2v) is 8.34. The molecule has 116 valence electrons. The van der Waals surface area contributed by atoms with E-state index in [2.05, 4.69) is 6.92 Å². The van der Waals surface area contributed by atoms with Gasteiger partial charge in [-0.3, -0.25) is 0 Å². The molecule has 2 bridgehead atoms. The molecule has 1 saturated heterocycles. The predicted octanol–water partition coefficient (Wildman–Crippen LogP) is 6.44. The molecule has 20 heavy (non-hydrogen) atoms. The van der Waals surface area contributed by atoms with Crippen molar-refractivity contribution in [3.8, 4) is 0 Å². The third kappa shape index (κ3) is 2.67. The van der Waals surface area contributed by atoms with Gasteiger partial charge in [0.25, 0.3) is 0 Å². The van der Waals surface area contributed by atoms with Crippen molar-refractivity contribution < 1.29 is 0 Å². The van der Waals surface area contributed by atoms with E-state index in [1.165, 1.54) is 32.1 Å². The Morgan fingerprint density at radius 3 is 2.20 bits per heavy atom. The summed E-state index contributed by atoms with van der Waals surface area (Å²) in [6.45, 7) is 2.90. The van der Waals surface area contributed by atoms with Crippen LogP contribution in [0.15, 0.2) is 10.2 Å². The van der Waals surface area contributed by atoms with Crippen LogP contribution < -0.4 is 0 Å². The zero-order valence-electron chi connectivity index (χ0n) is 11.6. The van der Waals surface area contributed by atoms with Crippen LogP contribution >= 0.6 is 58.0 Å². The molecule has 1 fully saturated rings. The molecule has 0 N–H and O–H groups in total. The minimum atomic E-state index is -1.23. The molecular weight excluding hydrogens is 359 g/mol.